The summed E-state index contributed by atoms with van der Waals surface area (Å²) >= 11 is 1.64. The lowest BCUT2D eigenvalue weighted by Crippen LogP contribution is -2.27. The van der Waals surface area contributed by atoms with Gasteiger partial charge in [-0.1, -0.05) is 63.2 Å². The highest BCUT2D eigenvalue weighted by Crippen LogP contribution is 2.32. The van der Waals surface area contributed by atoms with E-state index in [1.165, 1.54) is 0 Å². The molecule has 2 aromatic carbocycles. The van der Waals surface area contributed by atoms with Crippen LogP contribution in [0.2, 0.25) is 0 Å². The summed E-state index contributed by atoms with van der Waals surface area (Å²) in [6, 6.07) is 15.1. The van der Waals surface area contributed by atoms with E-state index in [2.05, 4.69) is 51.1 Å². The second kappa shape index (κ2) is 11.1. The molecule has 0 bridgehead atoms. The molecular weight excluding hydrogens is 512 g/mol. The van der Waals surface area contributed by atoms with Crippen LogP contribution in [-0.4, -0.2) is 51.7 Å². The largest absolute Gasteiger partial charge is 0.492 e. The number of nitrogens with zero attached hydrogens (tertiary/aromatic N) is 4. The molecule has 0 atom stereocenters. The minimum absolute atomic E-state index is 0.185. The standard InChI is InChI=1S/C29H34N6O3S/c1-6-34(7-2)14-15-37-21-12-13-23-24(16-21)39-28-31-22(18-35(23)28)19-8-10-20(11-9-19)30-27(36)32-26-17-25(38-33-26)29(3,4)5/h8-13,16-18H,6-7,14-15H2,1-5H3,(H2,30,32,33,36). The van der Waals surface area contributed by atoms with Gasteiger partial charge in [-0.05, 0) is 43.4 Å². The van der Waals surface area contributed by atoms with Gasteiger partial charge in [0.25, 0.3) is 0 Å². The average molecular weight is 547 g/mol. The third kappa shape index (κ3) is 6.07. The molecule has 0 aliphatic carbocycles. The Balaban J connectivity index is 1.23. The number of fused-ring (bicyclic) bond motifs is 3. The fraction of sp³-hybridized carbons (Fsp3) is 0.345. The molecule has 204 valence electrons. The average Bonchev–Trinajstić information content (AvgIpc) is 3.62. The Morgan fingerprint density at radius 1 is 1.08 bits per heavy atom. The summed E-state index contributed by atoms with van der Waals surface area (Å²) in [5.74, 6) is 1.96. The van der Waals surface area contributed by atoms with E-state index in [1.54, 1.807) is 17.4 Å². The highest BCUT2D eigenvalue weighted by molar-refractivity contribution is 7.23. The van der Waals surface area contributed by atoms with E-state index in [1.807, 2.05) is 57.3 Å². The quantitative estimate of drug-likeness (QED) is 0.209. The van der Waals surface area contributed by atoms with Gasteiger partial charge in [0.1, 0.15) is 18.1 Å². The van der Waals surface area contributed by atoms with Crippen molar-refractivity contribution in [2.24, 2.45) is 0 Å². The maximum absolute atomic E-state index is 12.4. The number of carbonyl (C=O) groups excluding carboxylic acids is 1. The molecule has 0 fully saturated rings. The normalized spacial score (nSPS) is 11.9. The van der Waals surface area contributed by atoms with Crippen LogP contribution in [-0.2, 0) is 5.41 Å². The van der Waals surface area contributed by atoms with E-state index in [-0.39, 0.29) is 11.4 Å². The molecule has 0 aliphatic rings. The highest BCUT2D eigenvalue weighted by Gasteiger charge is 2.20. The predicted molar refractivity (Wildman–Crippen MR) is 157 cm³/mol. The van der Waals surface area contributed by atoms with Gasteiger partial charge in [0.15, 0.2) is 10.8 Å². The molecule has 3 aromatic heterocycles. The second-order valence-electron chi connectivity index (χ2n) is 10.4. The number of anilines is 2. The van der Waals surface area contributed by atoms with Crippen molar-refractivity contribution in [2.45, 2.75) is 40.0 Å². The van der Waals surface area contributed by atoms with E-state index in [0.29, 0.717) is 23.9 Å². The number of hydrogen-bond acceptors (Lipinski definition) is 7. The van der Waals surface area contributed by atoms with Crippen molar-refractivity contribution in [2.75, 3.05) is 36.9 Å². The summed E-state index contributed by atoms with van der Waals surface area (Å²) in [5, 5.41) is 9.45. The number of rotatable bonds is 9. The molecular formula is C29H34N6O3S. The predicted octanol–water partition coefficient (Wildman–Crippen LogP) is 6.87. The number of benzene rings is 2. The van der Waals surface area contributed by atoms with Gasteiger partial charge in [0.2, 0.25) is 0 Å². The first kappa shape index (κ1) is 26.7. The summed E-state index contributed by atoms with van der Waals surface area (Å²) in [4.78, 5) is 20.5. The number of nitrogens with one attached hydrogen (secondary N) is 2. The first-order chi connectivity index (χ1) is 18.7. The minimum atomic E-state index is -0.387. The number of imidazole rings is 1. The summed E-state index contributed by atoms with van der Waals surface area (Å²) in [6.45, 7) is 14.0. The van der Waals surface area contributed by atoms with Crippen LogP contribution in [0.15, 0.2) is 59.3 Å². The van der Waals surface area contributed by atoms with Gasteiger partial charge in [-0.25, -0.2) is 9.78 Å². The lowest BCUT2D eigenvalue weighted by Gasteiger charge is -2.17. The maximum atomic E-state index is 12.4. The second-order valence-corrected chi connectivity index (χ2v) is 11.4. The van der Waals surface area contributed by atoms with Crippen LogP contribution in [0.1, 0.15) is 40.4 Å². The number of carbonyl (C=O) groups is 1. The van der Waals surface area contributed by atoms with Crippen LogP contribution in [0, 0.1) is 0 Å². The smallest absolute Gasteiger partial charge is 0.324 e. The fourth-order valence-corrected chi connectivity index (χ4v) is 5.27. The number of ether oxygens (including phenoxy) is 1. The Morgan fingerprint density at radius 2 is 1.85 bits per heavy atom. The lowest BCUT2D eigenvalue weighted by molar-refractivity contribution is 0.223. The van der Waals surface area contributed by atoms with Crippen molar-refractivity contribution < 1.29 is 14.1 Å². The summed E-state index contributed by atoms with van der Waals surface area (Å²) in [5.41, 5.74) is 3.41. The van der Waals surface area contributed by atoms with Crippen LogP contribution in [0.25, 0.3) is 26.4 Å². The first-order valence-corrected chi connectivity index (χ1v) is 14.0. The van der Waals surface area contributed by atoms with Crippen LogP contribution >= 0.6 is 11.3 Å². The zero-order chi connectivity index (χ0) is 27.6. The molecule has 0 unspecified atom stereocenters. The summed E-state index contributed by atoms with van der Waals surface area (Å²) < 4.78 is 14.6. The third-order valence-corrected chi connectivity index (χ3v) is 7.58. The molecule has 9 nitrogen and oxygen atoms in total. The number of likely N-dealkylation sites (N-methyl/N-ethyl adjacent to an activating group) is 1. The van der Waals surface area contributed by atoms with Crippen molar-refractivity contribution in [3.8, 4) is 17.0 Å². The van der Waals surface area contributed by atoms with Crippen molar-refractivity contribution in [1.29, 1.82) is 0 Å². The van der Waals surface area contributed by atoms with Crippen LogP contribution < -0.4 is 15.4 Å². The van der Waals surface area contributed by atoms with Crippen molar-refractivity contribution in [1.82, 2.24) is 19.4 Å². The number of thiazole rings is 1. The molecule has 10 heteroatoms. The molecule has 0 spiro atoms. The molecule has 0 radical (unpaired) electrons. The van der Waals surface area contributed by atoms with Gasteiger partial charge in [0, 0.05) is 35.5 Å². The van der Waals surface area contributed by atoms with E-state index in [0.717, 1.165) is 51.8 Å². The van der Waals surface area contributed by atoms with Crippen LogP contribution in [0.3, 0.4) is 0 Å². The van der Waals surface area contributed by atoms with E-state index < -0.39 is 0 Å². The van der Waals surface area contributed by atoms with Crippen LogP contribution in [0.5, 0.6) is 5.75 Å². The molecule has 3 heterocycles. The molecule has 0 saturated carbocycles. The van der Waals surface area contributed by atoms with Gasteiger partial charge >= 0.3 is 6.03 Å². The molecule has 39 heavy (non-hydrogen) atoms. The monoisotopic (exact) mass is 546 g/mol. The third-order valence-electron chi connectivity index (χ3n) is 6.57. The van der Waals surface area contributed by atoms with Crippen LogP contribution in [0.4, 0.5) is 16.3 Å². The summed E-state index contributed by atoms with van der Waals surface area (Å²) in [7, 11) is 0. The zero-order valence-corrected chi connectivity index (χ0v) is 23.8. The number of hydrogen-bond donors (Lipinski definition) is 2. The Labute approximate surface area is 231 Å². The highest BCUT2D eigenvalue weighted by atomic mass is 32.1. The fourth-order valence-electron chi connectivity index (χ4n) is 4.23. The maximum Gasteiger partial charge on any atom is 0.324 e. The van der Waals surface area contributed by atoms with Gasteiger partial charge in [-0.15, -0.1) is 0 Å². The van der Waals surface area contributed by atoms with Gasteiger partial charge in [0.05, 0.1) is 15.9 Å². The number of amides is 2. The molecule has 2 N–H and O–H groups in total. The summed E-state index contributed by atoms with van der Waals surface area (Å²) in [6.07, 6.45) is 2.04. The molecule has 5 rings (SSSR count). The van der Waals surface area contributed by atoms with E-state index in [9.17, 15) is 4.79 Å². The van der Waals surface area contributed by atoms with Crippen molar-refractivity contribution >= 4 is 44.1 Å². The number of urea groups is 1. The van der Waals surface area contributed by atoms with Gasteiger partial charge < -0.3 is 19.5 Å². The molecule has 5 aromatic rings. The minimum Gasteiger partial charge on any atom is -0.492 e. The Morgan fingerprint density at radius 3 is 2.54 bits per heavy atom. The molecule has 0 saturated heterocycles. The Bertz CT molecular complexity index is 1570. The Hall–Kier alpha value is -3.89. The number of aromatic nitrogens is 3. The Kier molecular flexibility index (Phi) is 7.58. The van der Waals surface area contributed by atoms with Gasteiger partial charge in [-0.3, -0.25) is 9.72 Å². The van der Waals surface area contributed by atoms with E-state index in [4.69, 9.17) is 14.2 Å². The first-order valence-electron chi connectivity index (χ1n) is 13.2. The van der Waals surface area contributed by atoms with Gasteiger partial charge in [-0.2, -0.15) is 0 Å². The van der Waals surface area contributed by atoms with E-state index >= 15 is 0 Å². The molecule has 2 amide bonds. The van der Waals surface area contributed by atoms with Crippen molar-refractivity contribution in [3.63, 3.8) is 0 Å². The van der Waals surface area contributed by atoms with Crippen molar-refractivity contribution in [3.05, 3.63) is 60.5 Å². The SMILES string of the molecule is CCN(CC)CCOc1ccc2c(c1)sc1nc(-c3ccc(NC(=O)Nc4cc(C(C)(C)C)on4)cc3)cn12. The lowest BCUT2D eigenvalue weighted by atomic mass is 9.93. The zero-order valence-electron chi connectivity index (χ0n) is 22.9. The molecule has 0 aliphatic heterocycles. The topological polar surface area (TPSA) is 96.9 Å².